The summed E-state index contributed by atoms with van der Waals surface area (Å²) < 4.78 is 5.06. The predicted molar refractivity (Wildman–Crippen MR) is 74.9 cm³/mol. The maximum absolute atomic E-state index is 9.09. The molecule has 0 aliphatic heterocycles. The third-order valence-electron chi connectivity index (χ3n) is 2.74. The molecular weight excluding hydrogens is 242 g/mol. The molecule has 0 aliphatic rings. The monoisotopic (exact) mass is 259 g/mol. The quantitative estimate of drug-likeness (QED) is 0.762. The molecule has 0 radical (unpaired) electrons. The number of ether oxygens (including phenoxy) is 1. The van der Waals surface area contributed by atoms with Gasteiger partial charge >= 0.3 is 0 Å². The van der Waals surface area contributed by atoms with Gasteiger partial charge in [0.15, 0.2) is 5.82 Å². The highest BCUT2D eigenvalue weighted by Crippen LogP contribution is 2.20. The number of aromatic nitrogens is 1. The van der Waals surface area contributed by atoms with E-state index in [1.165, 1.54) is 0 Å². The van der Waals surface area contributed by atoms with E-state index in [-0.39, 0.29) is 6.61 Å². The highest BCUT2D eigenvalue weighted by molar-refractivity contribution is 5.62. The van der Waals surface area contributed by atoms with Crippen LogP contribution in [0.5, 0.6) is 5.88 Å². The van der Waals surface area contributed by atoms with Gasteiger partial charge in [-0.1, -0.05) is 24.3 Å². The molecule has 0 spiro atoms. The van der Waals surface area contributed by atoms with E-state index < -0.39 is 0 Å². The summed E-state index contributed by atoms with van der Waals surface area (Å²) in [7, 11) is 1.56. The minimum absolute atomic E-state index is 0.0351. The normalized spacial score (nSPS) is 10.2. The molecule has 2 aromatic rings. The van der Waals surface area contributed by atoms with Crippen molar-refractivity contribution in [2.45, 2.75) is 13.2 Å². The molecule has 0 saturated heterocycles. The van der Waals surface area contributed by atoms with Gasteiger partial charge in [0.1, 0.15) is 0 Å². The van der Waals surface area contributed by atoms with E-state index in [1.807, 2.05) is 24.3 Å². The lowest BCUT2D eigenvalue weighted by molar-refractivity contribution is 0.281. The van der Waals surface area contributed by atoms with Crippen molar-refractivity contribution in [3.8, 4) is 5.88 Å². The Morgan fingerprint density at radius 3 is 2.79 bits per heavy atom. The molecule has 0 amide bonds. The first-order chi connectivity index (χ1) is 9.22. The number of pyridine rings is 1. The molecule has 0 atom stereocenters. The number of benzene rings is 1. The number of aliphatic hydroxyl groups excluding tert-OH is 1. The Hall–Kier alpha value is -2.27. The summed E-state index contributed by atoms with van der Waals surface area (Å²) in [6.07, 6.45) is 0. The van der Waals surface area contributed by atoms with E-state index in [0.29, 0.717) is 23.9 Å². The van der Waals surface area contributed by atoms with Crippen molar-refractivity contribution in [1.29, 1.82) is 0 Å². The SMILES string of the molecule is COc1ccc(N)c(NCc2cccc(CO)c2)n1. The van der Waals surface area contributed by atoms with E-state index >= 15 is 0 Å². The van der Waals surface area contributed by atoms with Gasteiger partial charge in [-0.15, -0.1) is 0 Å². The molecule has 2 rings (SSSR count). The van der Waals surface area contributed by atoms with Crippen LogP contribution in [-0.4, -0.2) is 17.2 Å². The van der Waals surface area contributed by atoms with Gasteiger partial charge in [0.2, 0.25) is 5.88 Å². The Morgan fingerprint density at radius 2 is 2.05 bits per heavy atom. The first-order valence-corrected chi connectivity index (χ1v) is 5.96. The number of hydrogen-bond acceptors (Lipinski definition) is 5. The minimum atomic E-state index is 0.0351. The second-order valence-corrected chi connectivity index (χ2v) is 4.12. The zero-order valence-electron chi connectivity index (χ0n) is 10.8. The molecule has 0 fully saturated rings. The van der Waals surface area contributed by atoms with Crippen LogP contribution in [-0.2, 0) is 13.2 Å². The second kappa shape index (κ2) is 6.06. The molecule has 0 saturated carbocycles. The highest BCUT2D eigenvalue weighted by atomic mass is 16.5. The van der Waals surface area contributed by atoms with Crippen LogP contribution < -0.4 is 15.8 Å². The van der Waals surface area contributed by atoms with Gasteiger partial charge in [0, 0.05) is 12.6 Å². The van der Waals surface area contributed by atoms with Crippen molar-refractivity contribution in [3.05, 3.63) is 47.5 Å². The molecule has 19 heavy (non-hydrogen) atoms. The predicted octanol–water partition coefficient (Wildman–Crippen LogP) is 1.78. The summed E-state index contributed by atoms with van der Waals surface area (Å²) in [6.45, 7) is 0.617. The van der Waals surface area contributed by atoms with Gasteiger partial charge in [-0.3, -0.25) is 0 Å². The Bertz CT molecular complexity index is 558. The molecule has 4 N–H and O–H groups in total. The van der Waals surface area contributed by atoms with Crippen LogP contribution in [0.2, 0.25) is 0 Å². The Kier molecular flexibility index (Phi) is 4.20. The summed E-state index contributed by atoms with van der Waals surface area (Å²) in [4.78, 5) is 4.24. The summed E-state index contributed by atoms with van der Waals surface area (Å²) in [6, 6.07) is 11.2. The van der Waals surface area contributed by atoms with Crippen LogP contribution in [0.15, 0.2) is 36.4 Å². The zero-order valence-corrected chi connectivity index (χ0v) is 10.8. The van der Waals surface area contributed by atoms with E-state index in [2.05, 4.69) is 10.3 Å². The van der Waals surface area contributed by atoms with Gasteiger partial charge in [-0.2, -0.15) is 4.98 Å². The van der Waals surface area contributed by atoms with E-state index in [9.17, 15) is 0 Å². The van der Waals surface area contributed by atoms with Crippen LogP contribution in [0.1, 0.15) is 11.1 Å². The number of anilines is 2. The van der Waals surface area contributed by atoms with Crippen molar-refractivity contribution in [1.82, 2.24) is 4.98 Å². The number of methoxy groups -OCH3 is 1. The first-order valence-electron chi connectivity index (χ1n) is 5.96. The number of hydrogen-bond donors (Lipinski definition) is 3. The number of nitrogen functional groups attached to an aromatic ring is 1. The van der Waals surface area contributed by atoms with Gasteiger partial charge in [0.25, 0.3) is 0 Å². The third kappa shape index (κ3) is 3.35. The van der Waals surface area contributed by atoms with Gasteiger partial charge in [-0.05, 0) is 17.2 Å². The summed E-state index contributed by atoms with van der Waals surface area (Å²) in [5.74, 6) is 1.11. The number of nitrogens with zero attached hydrogens (tertiary/aromatic N) is 1. The molecule has 0 bridgehead atoms. The zero-order chi connectivity index (χ0) is 13.7. The smallest absolute Gasteiger partial charge is 0.215 e. The number of nitrogens with one attached hydrogen (secondary N) is 1. The highest BCUT2D eigenvalue weighted by Gasteiger charge is 2.03. The third-order valence-corrected chi connectivity index (χ3v) is 2.74. The first kappa shape index (κ1) is 13.2. The lowest BCUT2D eigenvalue weighted by atomic mass is 10.1. The number of aliphatic hydroxyl groups is 1. The molecule has 1 heterocycles. The molecule has 5 nitrogen and oxygen atoms in total. The average molecular weight is 259 g/mol. The van der Waals surface area contributed by atoms with Crippen LogP contribution >= 0.6 is 0 Å². The molecule has 0 unspecified atom stereocenters. The largest absolute Gasteiger partial charge is 0.481 e. The van der Waals surface area contributed by atoms with Crippen molar-refractivity contribution < 1.29 is 9.84 Å². The van der Waals surface area contributed by atoms with Crippen molar-refractivity contribution in [3.63, 3.8) is 0 Å². The summed E-state index contributed by atoms with van der Waals surface area (Å²) >= 11 is 0. The van der Waals surface area contributed by atoms with E-state index in [4.69, 9.17) is 15.6 Å². The Labute approximate surface area is 112 Å². The minimum Gasteiger partial charge on any atom is -0.481 e. The van der Waals surface area contributed by atoms with E-state index in [1.54, 1.807) is 19.2 Å². The Balaban J connectivity index is 2.09. The maximum Gasteiger partial charge on any atom is 0.215 e. The number of rotatable bonds is 5. The second-order valence-electron chi connectivity index (χ2n) is 4.12. The van der Waals surface area contributed by atoms with Crippen molar-refractivity contribution in [2.75, 3.05) is 18.2 Å². The summed E-state index contributed by atoms with van der Waals surface area (Å²) in [5, 5.41) is 12.2. The lowest BCUT2D eigenvalue weighted by Gasteiger charge is -2.10. The lowest BCUT2D eigenvalue weighted by Crippen LogP contribution is -2.05. The fraction of sp³-hybridized carbons (Fsp3) is 0.214. The molecule has 0 aliphatic carbocycles. The number of nitrogens with two attached hydrogens (primary N) is 1. The molecule has 1 aromatic heterocycles. The van der Waals surface area contributed by atoms with Crippen LogP contribution in [0.4, 0.5) is 11.5 Å². The fourth-order valence-electron chi connectivity index (χ4n) is 1.73. The molecule has 5 heteroatoms. The van der Waals surface area contributed by atoms with Gasteiger partial charge in [0.05, 0.1) is 19.4 Å². The average Bonchev–Trinajstić information content (AvgIpc) is 2.46. The summed E-state index contributed by atoms with van der Waals surface area (Å²) in [5.41, 5.74) is 8.34. The fourth-order valence-corrected chi connectivity index (χ4v) is 1.73. The molecule has 1 aromatic carbocycles. The van der Waals surface area contributed by atoms with Crippen LogP contribution in [0.3, 0.4) is 0 Å². The van der Waals surface area contributed by atoms with Crippen molar-refractivity contribution >= 4 is 11.5 Å². The standard InChI is InChI=1S/C14H17N3O2/c1-19-13-6-5-12(15)14(17-13)16-8-10-3-2-4-11(7-10)9-18/h2-7,18H,8-9,15H2,1H3,(H,16,17). The van der Waals surface area contributed by atoms with Crippen molar-refractivity contribution in [2.24, 2.45) is 0 Å². The Morgan fingerprint density at radius 1 is 1.26 bits per heavy atom. The molecule has 100 valence electrons. The van der Waals surface area contributed by atoms with Gasteiger partial charge in [-0.25, -0.2) is 0 Å². The maximum atomic E-state index is 9.09. The molecular formula is C14H17N3O2. The van der Waals surface area contributed by atoms with E-state index in [0.717, 1.165) is 11.1 Å². The topological polar surface area (TPSA) is 80.4 Å². The van der Waals surface area contributed by atoms with Crippen LogP contribution in [0.25, 0.3) is 0 Å². The van der Waals surface area contributed by atoms with Gasteiger partial charge < -0.3 is 20.9 Å². The van der Waals surface area contributed by atoms with Crippen LogP contribution in [0, 0.1) is 0 Å².